The van der Waals surface area contributed by atoms with E-state index in [2.05, 4.69) is 31.3 Å². The zero-order valence-corrected chi connectivity index (χ0v) is 34.8. The number of nitrogens with one attached hydrogen (secondary N) is 1. The van der Waals surface area contributed by atoms with Gasteiger partial charge in [-0.2, -0.15) is 0 Å². The average Bonchev–Trinajstić information content (AvgIpc) is 3.14. The summed E-state index contributed by atoms with van der Waals surface area (Å²) in [6.07, 6.45) is 46.0. The fourth-order valence-corrected chi connectivity index (χ4v) is 6.98. The second-order valence-electron chi connectivity index (χ2n) is 15.7. The van der Waals surface area contributed by atoms with E-state index in [0.29, 0.717) is 25.9 Å². The molecule has 0 heterocycles. The Labute approximate surface area is 323 Å². The molecule has 0 saturated heterocycles. The summed E-state index contributed by atoms with van der Waals surface area (Å²) in [7, 11) is 0. The predicted octanol–water partition coefficient (Wildman–Crippen LogP) is 13.0. The maximum absolute atomic E-state index is 12.4. The van der Waals surface area contributed by atoms with Crippen molar-refractivity contribution in [1.29, 1.82) is 0 Å². The van der Waals surface area contributed by atoms with Crippen molar-refractivity contribution in [2.45, 2.75) is 257 Å². The van der Waals surface area contributed by atoms with Crippen LogP contribution in [0.2, 0.25) is 0 Å². The molecule has 3 N–H and O–H groups in total. The maximum Gasteiger partial charge on any atom is 0.305 e. The Morgan fingerprint density at radius 2 is 0.904 bits per heavy atom. The van der Waals surface area contributed by atoms with Gasteiger partial charge in [0.2, 0.25) is 5.91 Å². The van der Waals surface area contributed by atoms with Crippen LogP contribution in [-0.2, 0) is 14.3 Å². The number of unbranched alkanes of at least 4 members (excludes halogenated alkanes) is 29. The largest absolute Gasteiger partial charge is 0.466 e. The van der Waals surface area contributed by atoms with Crippen LogP contribution in [0.1, 0.15) is 245 Å². The van der Waals surface area contributed by atoms with Crippen LogP contribution >= 0.6 is 0 Å². The van der Waals surface area contributed by atoms with E-state index >= 15 is 0 Å². The third kappa shape index (κ3) is 38.3. The first-order valence-electron chi connectivity index (χ1n) is 22.9. The fourth-order valence-electron chi connectivity index (χ4n) is 6.98. The van der Waals surface area contributed by atoms with Gasteiger partial charge in [-0.3, -0.25) is 9.59 Å². The smallest absolute Gasteiger partial charge is 0.305 e. The number of rotatable bonds is 42. The Hall–Kier alpha value is -1.40. The summed E-state index contributed by atoms with van der Waals surface area (Å²) < 4.78 is 5.44. The van der Waals surface area contributed by atoms with E-state index in [1.54, 1.807) is 0 Å². The van der Waals surface area contributed by atoms with Crippen LogP contribution < -0.4 is 5.32 Å². The van der Waals surface area contributed by atoms with Gasteiger partial charge in [0.1, 0.15) is 0 Å². The first-order valence-corrected chi connectivity index (χ1v) is 22.9. The number of esters is 1. The number of hydrogen-bond acceptors (Lipinski definition) is 5. The average molecular weight is 736 g/mol. The molecule has 6 heteroatoms. The van der Waals surface area contributed by atoms with Crippen molar-refractivity contribution in [3.05, 3.63) is 12.2 Å². The molecule has 0 aliphatic rings. The van der Waals surface area contributed by atoms with Crippen LogP contribution in [0.5, 0.6) is 0 Å². The highest BCUT2D eigenvalue weighted by Gasteiger charge is 2.20. The Balaban J connectivity index is 3.46. The monoisotopic (exact) mass is 736 g/mol. The number of hydrogen-bond donors (Lipinski definition) is 3. The third-order valence-electron chi connectivity index (χ3n) is 10.6. The lowest BCUT2D eigenvalue weighted by molar-refractivity contribution is -0.143. The molecule has 308 valence electrons. The van der Waals surface area contributed by atoms with Crippen LogP contribution in [0.25, 0.3) is 0 Å². The van der Waals surface area contributed by atoms with Crippen LogP contribution in [0, 0.1) is 0 Å². The third-order valence-corrected chi connectivity index (χ3v) is 10.6. The predicted molar refractivity (Wildman–Crippen MR) is 223 cm³/mol. The van der Waals surface area contributed by atoms with Crippen molar-refractivity contribution in [3.63, 3.8) is 0 Å². The van der Waals surface area contributed by atoms with E-state index in [1.165, 1.54) is 154 Å². The number of carbonyl (C=O) groups is 2. The van der Waals surface area contributed by atoms with E-state index in [4.69, 9.17) is 4.74 Å². The maximum atomic E-state index is 12.4. The van der Waals surface area contributed by atoms with Gasteiger partial charge in [0.05, 0.1) is 25.4 Å². The van der Waals surface area contributed by atoms with Crippen molar-refractivity contribution in [2.24, 2.45) is 0 Å². The summed E-state index contributed by atoms with van der Waals surface area (Å²) in [5.41, 5.74) is 0. The highest BCUT2D eigenvalue weighted by atomic mass is 16.5. The second-order valence-corrected chi connectivity index (χ2v) is 15.7. The highest BCUT2D eigenvalue weighted by Crippen LogP contribution is 2.15. The van der Waals surface area contributed by atoms with Gasteiger partial charge < -0.3 is 20.3 Å². The molecule has 2 unspecified atom stereocenters. The van der Waals surface area contributed by atoms with E-state index < -0.39 is 12.1 Å². The number of aliphatic hydroxyl groups is 2. The molecule has 0 aromatic rings. The summed E-state index contributed by atoms with van der Waals surface area (Å²) in [5, 5.41) is 23.0. The van der Waals surface area contributed by atoms with Gasteiger partial charge in [-0.1, -0.05) is 193 Å². The minimum Gasteiger partial charge on any atom is -0.466 e. The molecular formula is C46H89NO5. The molecule has 0 aliphatic carbocycles. The molecule has 0 bridgehead atoms. The van der Waals surface area contributed by atoms with Gasteiger partial charge in [-0.25, -0.2) is 0 Å². The molecule has 0 fully saturated rings. The quantitative estimate of drug-likeness (QED) is 0.0329. The molecule has 0 rings (SSSR count). The lowest BCUT2D eigenvalue weighted by Crippen LogP contribution is -2.45. The number of allylic oxidation sites excluding steroid dienone is 2. The molecular weight excluding hydrogens is 647 g/mol. The van der Waals surface area contributed by atoms with Crippen molar-refractivity contribution < 1.29 is 24.5 Å². The first kappa shape index (κ1) is 50.6. The van der Waals surface area contributed by atoms with Crippen LogP contribution in [-0.4, -0.2) is 47.4 Å². The molecule has 6 nitrogen and oxygen atoms in total. The Morgan fingerprint density at radius 1 is 0.519 bits per heavy atom. The normalized spacial score (nSPS) is 12.8. The van der Waals surface area contributed by atoms with Crippen molar-refractivity contribution in [3.8, 4) is 0 Å². The van der Waals surface area contributed by atoms with Crippen molar-refractivity contribution in [2.75, 3.05) is 13.2 Å². The highest BCUT2D eigenvalue weighted by molar-refractivity contribution is 5.76. The van der Waals surface area contributed by atoms with E-state index in [1.807, 2.05) is 0 Å². The van der Waals surface area contributed by atoms with Gasteiger partial charge in [0.25, 0.3) is 0 Å². The van der Waals surface area contributed by atoms with Crippen LogP contribution in [0.15, 0.2) is 12.2 Å². The zero-order chi connectivity index (χ0) is 38.0. The molecule has 1 amide bonds. The SMILES string of the molecule is CCCCCCCCC/C=C\CCCCCCCC(=O)OCCCCCCCCCCCCC(=O)NC(CO)C(O)CCCCCCCCCCC. The summed E-state index contributed by atoms with van der Waals surface area (Å²) in [6, 6.07) is -0.555. The number of aliphatic hydroxyl groups excluding tert-OH is 2. The molecule has 0 radical (unpaired) electrons. The molecule has 0 saturated carbocycles. The van der Waals surface area contributed by atoms with E-state index in [-0.39, 0.29) is 18.5 Å². The molecule has 52 heavy (non-hydrogen) atoms. The Bertz CT molecular complexity index is 772. The minimum atomic E-state index is -0.676. The molecule has 0 aromatic heterocycles. The number of amides is 1. The van der Waals surface area contributed by atoms with Gasteiger partial charge in [0.15, 0.2) is 0 Å². The van der Waals surface area contributed by atoms with E-state index in [0.717, 1.165) is 57.8 Å². The second kappa shape index (κ2) is 42.3. The van der Waals surface area contributed by atoms with Crippen molar-refractivity contribution in [1.82, 2.24) is 5.32 Å². The van der Waals surface area contributed by atoms with Gasteiger partial charge in [-0.15, -0.1) is 0 Å². The Morgan fingerprint density at radius 3 is 1.37 bits per heavy atom. The van der Waals surface area contributed by atoms with Gasteiger partial charge >= 0.3 is 5.97 Å². The summed E-state index contributed by atoms with van der Waals surface area (Å²) >= 11 is 0. The zero-order valence-electron chi connectivity index (χ0n) is 34.8. The summed E-state index contributed by atoms with van der Waals surface area (Å²) in [4.78, 5) is 24.4. The summed E-state index contributed by atoms with van der Waals surface area (Å²) in [6.45, 7) is 4.86. The summed E-state index contributed by atoms with van der Waals surface area (Å²) in [5.74, 6) is -0.0879. The minimum absolute atomic E-state index is 0.0269. The molecule has 0 aromatic carbocycles. The van der Waals surface area contributed by atoms with Gasteiger partial charge in [-0.05, 0) is 51.4 Å². The molecule has 2 atom stereocenters. The fraction of sp³-hybridized carbons (Fsp3) is 0.913. The van der Waals surface area contributed by atoms with E-state index in [9.17, 15) is 19.8 Å². The van der Waals surface area contributed by atoms with Crippen LogP contribution in [0.4, 0.5) is 0 Å². The molecule has 0 spiro atoms. The lowest BCUT2D eigenvalue weighted by Gasteiger charge is -2.22. The van der Waals surface area contributed by atoms with Gasteiger partial charge in [0, 0.05) is 12.8 Å². The topological polar surface area (TPSA) is 95.9 Å². The standard InChI is InChI=1S/C46H89NO5/c1-3-5-7-9-11-13-14-15-16-17-18-19-24-28-32-36-40-46(51)52-41-37-33-29-25-21-20-23-27-31-35-39-45(50)47-43(42-48)44(49)38-34-30-26-22-12-10-8-6-4-2/h16-17,43-44,48-49H,3-15,18-42H2,1-2H3,(H,47,50)/b17-16-. The number of ether oxygens (including phenoxy) is 1. The van der Waals surface area contributed by atoms with Crippen molar-refractivity contribution >= 4 is 11.9 Å². The number of carbonyl (C=O) groups excluding carboxylic acids is 2. The van der Waals surface area contributed by atoms with Crippen LogP contribution in [0.3, 0.4) is 0 Å². The first-order chi connectivity index (χ1) is 25.5. The Kier molecular flexibility index (Phi) is 41.2. The lowest BCUT2D eigenvalue weighted by atomic mass is 10.0. The molecule has 0 aliphatic heterocycles.